The van der Waals surface area contributed by atoms with Crippen molar-refractivity contribution in [3.8, 4) is 0 Å². The number of carbonyl (C=O) groups excluding carboxylic acids is 1. The molecular formula is C16H19N4O5ReS-. The fourth-order valence-corrected chi connectivity index (χ4v) is 2.79. The summed E-state index contributed by atoms with van der Waals surface area (Å²) in [6.45, 7) is 5.14. The van der Waals surface area contributed by atoms with E-state index < -0.39 is 16.0 Å². The number of aliphatic carboxylic acids is 1. The molecule has 0 aliphatic rings. The number of aromatic nitrogens is 2. The van der Waals surface area contributed by atoms with E-state index >= 15 is 0 Å². The van der Waals surface area contributed by atoms with Crippen LogP contribution in [0.1, 0.15) is 11.4 Å². The normalized spacial score (nSPS) is 10.6. The van der Waals surface area contributed by atoms with Gasteiger partial charge in [0.15, 0.2) is 0 Å². The second-order valence-electron chi connectivity index (χ2n) is 5.48. The average Bonchev–Trinajstić information content (AvgIpc) is 2.98. The van der Waals surface area contributed by atoms with Gasteiger partial charge in [-0.1, -0.05) is 12.1 Å². The van der Waals surface area contributed by atoms with Gasteiger partial charge in [-0.3, -0.25) is 4.90 Å². The third-order valence-electron chi connectivity index (χ3n) is 3.61. The molecule has 9 nitrogen and oxygen atoms in total. The monoisotopic (exact) mass is 566 g/mol. The van der Waals surface area contributed by atoms with E-state index in [0.717, 1.165) is 11.4 Å². The summed E-state index contributed by atoms with van der Waals surface area (Å²) < 4.78 is 31.8. The molecule has 0 atom stereocenters. The van der Waals surface area contributed by atoms with Gasteiger partial charge in [0.2, 0.25) is 10.0 Å². The standard InChI is InChI=1S/C15H20N4O4S.CO.Re/c1-18-9-7-17-14(18)10-19(11-15(20)21)8-6-12-2-4-13(5-3-12)24(16,22)23;1-2;/h2-5,7,9H,6,8,10-11H2,1H3,(H,20,21)(H2,16,22,23);;/p-1. The Bertz CT molecular complexity index is 849. The summed E-state index contributed by atoms with van der Waals surface area (Å²) in [5.74, 6) is -0.408. The first-order valence-corrected chi connectivity index (χ1v) is 9.01. The number of imidazole rings is 1. The van der Waals surface area contributed by atoms with E-state index in [4.69, 9.17) is 9.79 Å². The van der Waals surface area contributed by atoms with Crippen molar-refractivity contribution in [3.63, 3.8) is 0 Å². The van der Waals surface area contributed by atoms with Gasteiger partial charge in [0.05, 0.1) is 17.4 Å². The van der Waals surface area contributed by atoms with Crippen LogP contribution >= 0.6 is 0 Å². The number of hydrogen-bond acceptors (Lipinski definition) is 6. The summed E-state index contributed by atoms with van der Waals surface area (Å²) >= 11 is 0. The molecule has 1 aromatic carbocycles. The molecule has 0 amide bonds. The maximum atomic E-state index is 11.2. The number of hydrogen-bond donors (Lipinski definition) is 1. The molecule has 1 radical (unpaired) electrons. The Morgan fingerprint density at radius 2 is 1.93 bits per heavy atom. The molecule has 2 N–H and O–H groups in total. The van der Waals surface area contributed by atoms with Crippen LogP contribution in [0, 0.1) is 6.65 Å². The number of carboxylic acid groups (broad SMARTS) is 1. The van der Waals surface area contributed by atoms with Crippen molar-refractivity contribution in [1.29, 1.82) is 0 Å². The fourth-order valence-electron chi connectivity index (χ4n) is 2.28. The van der Waals surface area contributed by atoms with Gasteiger partial charge in [-0.15, -0.1) is 0 Å². The van der Waals surface area contributed by atoms with Gasteiger partial charge in [0, 0.05) is 53.0 Å². The Kier molecular flexibility index (Phi) is 11.0. The molecule has 0 fully saturated rings. The summed E-state index contributed by atoms with van der Waals surface area (Å²) in [4.78, 5) is 16.9. The number of aryl methyl sites for hydroxylation is 1. The van der Waals surface area contributed by atoms with Crippen molar-refractivity contribution in [3.05, 3.63) is 54.7 Å². The van der Waals surface area contributed by atoms with Crippen molar-refractivity contribution < 1.29 is 43.4 Å². The Hall–Kier alpha value is -1.83. The summed E-state index contributed by atoms with van der Waals surface area (Å²) in [6, 6.07) is 6.20. The third-order valence-corrected chi connectivity index (χ3v) is 4.54. The first kappa shape index (κ1) is 25.2. The molecule has 0 unspecified atom stereocenters. The first-order chi connectivity index (χ1) is 12.3. The largest absolute Gasteiger partial charge is 0 e. The van der Waals surface area contributed by atoms with Gasteiger partial charge in [-0.2, -0.15) is 0 Å². The van der Waals surface area contributed by atoms with Crippen LogP contribution in [0.15, 0.2) is 41.6 Å². The zero-order valence-corrected chi connectivity index (χ0v) is 18.1. The van der Waals surface area contributed by atoms with Crippen LogP contribution in [-0.2, 0) is 59.9 Å². The molecule has 0 spiro atoms. The molecular weight excluding hydrogens is 546 g/mol. The van der Waals surface area contributed by atoms with Gasteiger partial charge in [0.1, 0.15) is 5.82 Å². The Balaban J connectivity index is 0.00000218. The molecule has 0 bridgehead atoms. The molecule has 2 rings (SSSR count). The van der Waals surface area contributed by atoms with Crippen LogP contribution in [-0.4, -0.2) is 41.9 Å². The Labute approximate surface area is 171 Å². The molecule has 0 saturated carbocycles. The predicted octanol–water partition coefficient (Wildman–Crippen LogP) is -1.18. The second kappa shape index (κ2) is 11.8. The number of carbonyl (C=O) groups is 1. The van der Waals surface area contributed by atoms with Crippen molar-refractivity contribution in [2.45, 2.75) is 17.9 Å². The van der Waals surface area contributed by atoms with Crippen molar-refractivity contribution in [1.82, 2.24) is 14.5 Å². The van der Waals surface area contributed by atoms with Crippen molar-refractivity contribution in [2.24, 2.45) is 12.2 Å². The van der Waals surface area contributed by atoms with Crippen molar-refractivity contribution >= 4 is 16.0 Å². The van der Waals surface area contributed by atoms with Crippen molar-refractivity contribution in [2.75, 3.05) is 13.1 Å². The van der Waals surface area contributed by atoms with E-state index in [-0.39, 0.29) is 31.9 Å². The molecule has 1 heterocycles. The number of sulfonamides is 1. The maximum absolute atomic E-state index is 11.2. The smallest absolute Gasteiger partial charge is 0 e. The number of rotatable bonds is 8. The molecule has 147 valence electrons. The molecule has 0 aliphatic carbocycles. The zero-order valence-electron chi connectivity index (χ0n) is 14.5. The van der Waals surface area contributed by atoms with Gasteiger partial charge >= 0.3 is 11.3 Å². The maximum Gasteiger partial charge on any atom is 0 e. The second-order valence-corrected chi connectivity index (χ2v) is 7.04. The molecule has 11 heteroatoms. The quantitative estimate of drug-likeness (QED) is 0.316. The molecule has 1 aromatic heterocycles. The van der Waals surface area contributed by atoms with E-state index in [1.165, 1.54) is 12.1 Å². The molecule has 27 heavy (non-hydrogen) atoms. The van der Waals surface area contributed by atoms with Gasteiger partial charge in [0.25, 0.3) is 0 Å². The van der Waals surface area contributed by atoms with Crippen LogP contribution in [0.2, 0.25) is 0 Å². The number of nitrogens with two attached hydrogens (primary N) is 1. The van der Waals surface area contributed by atoms with Crippen LogP contribution < -0.4 is 10.2 Å². The van der Waals surface area contributed by atoms with Crippen LogP contribution in [0.3, 0.4) is 0 Å². The minimum atomic E-state index is -3.71. The summed E-state index contributed by atoms with van der Waals surface area (Å²) in [5.41, 5.74) is 0.880. The fraction of sp³-hybridized carbons (Fsp3) is 0.312. The van der Waals surface area contributed by atoms with Gasteiger partial charge in [-0.25, -0.2) is 18.5 Å². The van der Waals surface area contributed by atoms with E-state index in [0.29, 0.717) is 19.5 Å². The number of primary sulfonamides is 1. The molecule has 0 saturated heterocycles. The summed E-state index contributed by atoms with van der Waals surface area (Å²) in [7, 11) is -1.87. The first-order valence-electron chi connectivity index (χ1n) is 7.46. The van der Waals surface area contributed by atoms with E-state index in [9.17, 15) is 18.3 Å². The van der Waals surface area contributed by atoms with Crippen LogP contribution in [0.5, 0.6) is 0 Å². The van der Waals surface area contributed by atoms with Gasteiger partial charge < -0.3 is 14.5 Å². The average molecular weight is 566 g/mol. The minimum absolute atomic E-state index is 0. The van der Waals surface area contributed by atoms with Crippen LogP contribution in [0.25, 0.3) is 0 Å². The predicted molar refractivity (Wildman–Crippen MR) is 88.9 cm³/mol. The van der Waals surface area contributed by atoms with E-state index in [2.05, 4.69) is 11.6 Å². The minimum Gasteiger partial charge on any atom is 0 e. The third kappa shape index (κ3) is 8.60. The van der Waals surface area contributed by atoms with E-state index in [1.54, 1.807) is 29.4 Å². The molecule has 0 aliphatic heterocycles. The number of nitrogens with zero attached hydrogens (tertiary/aromatic N) is 3. The topological polar surface area (TPSA) is 141 Å². The Morgan fingerprint density at radius 1 is 1.33 bits per heavy atom. The van der Waals surface area contributed by atoms with Crippen LogP contribution in [0.4, 0.5) is 0 Å². The SMILES string of the molecule is Cn1ccnc1CN(CCc1ccc(S(N)(=O)=O)cc1)CC(=O)[O-].[C-]#[O+].[Re]. The Morgan fingerprint density at radius 3 is 2.37 bits per heavy atom. The number of carboxylic acids is 1. The summed E-state index contributed by atoms with van der Waals surface area (Å²) in [6.07, 6.45) is 4.00. The zero-order chi connectivity index (χ0) is 19.7. The number of benzene rings is 1. The summed E-state index contributed by atoms with van der Waals surface area (Å²) in [5, 5.41) is 16.0. The van der Waals surface area contributed by atoms with Gasteiger partial charge in [-0.05, 0) is 24.1 Å². The van der Waals surface area contributed by atoms with E-state index in [1.807, 2.05) is 11.6 Å². The molecule has 2 aromatic rings.